The van der Waals surface area contributed by atoms with Gasteiger partial charge in [-0.3, -0.25) is 4.79 Å². The van der Waals surface area contributed by atoms with Crippen LogP contribution in [0.3, 0.4) is 0 Å². The van der Waals surface area contributed by atoms with Crippen LogP contribution in [0.15, 0.2) is 24.3 Å². The predicted molar refractivity (Wildman–Crippen MR) is 135 cm³/mol. The lowest BCUT2D eigenvalue weighted by atomic mass is 9.99. The number of carbonyl (C=O) groups is 1. The third-order valence-electron chi connectivity index (χ3n) is 7.36. The summed E-state index contributed by atoms with van der Waals surface area (Å²) >= 11 is 0. The van der Waals surface area contributed by atoms with Crippen molar-refractivity contribution in [2.75, 3.05) is 63.9 Å². The van der Waals surface area contributed by atoms with Gasteiger partial charge in [0.25, 0.3) is 10.2 Å². The fraction of sp³-hybridized carbons (Fsp3) is 0.720. The standard InChI is InChI=1S/C25H40N4O5S/c1-3-27(23-9-4-7-21(2)19-23)13-6-12-26-24(30)22-8-5-14-29(20-22)35(31,32)28-15-10-25(11-16-28)33-17-18-34-25/h4,7,9,19,22H,3,5-6,8,10-18,20H2,1-2H3,(H,26,30). The third kappa shape index (κ3) is 6.35. The van der Waals surface area contributed by atoms with E-state index in [-0.39, 0.29) is 18.4 Å². The molecule has 0 saturated carbocycles. The number of nitrogens with zero attached hydrogens (tertiary/aromatic N) is 3. The van der Waals surface area contributed by atoms with Crippen molar-refractivity contribution in [1.82, 2.24) is 13.9 Å². The quantitative estimate of drug-likeness (QED) is 0.514. The predicted octanol–water partition coefficient (Wildman–Crippen LogP) is 2.12. The second-order valence-electron chi connectivity index (χ2n) is 9.77. The van der Waals surface area contributed by atoms with Crippen molar-refractivity contribution in [3.63, 3.8) is 0 Å². The molecule has 3 aliphatic rings. The summed E-state index contributed by atoms with van der Waals surface area (Å²) in [5, 5.41) is 3.05. The summed E-state index contributed by atoms with van der Waals surface area (Å²) < 4.78 is 41.0. The Morgan fingerprint density at radius 3 is 2.60 bits per heavy atom. The molecule has 0 aliphatic carbocycles. The van der Waals surface area contributed by atoms with E-state index in [1.807, 2.05) is 0 Å². The zero-order valence-electron chi connectivity index (χ0n) is 21.1. The van der Waals surface area contributed by atoms with Gasteiger partial charge in [0, 0.05) is 64.3 Å². The summed E-state index contributed by atoms with van der Waals surface area (Å²) in [4.78, 5) is 15.2. The minimum absolute atomic E-state index is 0.0474. The van der Waals surface area contributed by atoms with Crippen molar-refractivity contribution in [3.8, 4) is 0 Å². The van der Waals surface area contributed by atoms with E-state index in [0.717, 1.165) is 19.5 Å². The molecule has 1 atom stereocenters. The van der Waals surface area contributed by atoms with Crippen molar-refractivity contribution in [3.05, 3.63) is 29.8 Å². The third-order valence-corrected chi connectivity index (χ3v) is 9.36. The van der Waals surface area contributed by atoms with Crippen molar-refractivity contribution in [2.45, 2.75) is 51.7 Å². The van der Waals surface area contributed by atoms with Gasteiger partial charge >= 0.3 is 0 Å². The molecule has 0 bridgehead atoms. The van der Waals surface area contributed by atoms with Crippen LogP contribution in [0, 0.1) is 12.8 Å². The first-order chi connectivity index (χ1) is 16.8. The van der Waals surface area contributed by atoms with Crippen LogP contribution in [0.4, 0.5) is 5.69 Å². The van der Waals surface area contributed by atoms with Crippen LogP contribution in [-0.4, -0.2) is 87.7 Å². The SMILES string of the molecule is CCN(CCCNC(=O)C1CCCN(S(=O)(=O)N2CCC3(CC2)OCCO3)C1)c1cccc(C)c1. The Morgan fingerprint density at radius 2 is 1.91 bits per heavy atom. The average molecular weight is 509 g/mol. The lowest BCUT2D eigenvalue weighted by Crippen LogP contribution is -2.54. The van der Waals surface area contributed by atoms with E-state index in [9.17, 15) is 13.2 Å². The van der Waals surface area contributed by atoms with E-state index < -0.39 is 16.0 Å². The van der Waals surface area contributed by atoms with Gasteiger partial charge in [0.2, 0.25) is 5.91 Å². The van der Waals surface area contributed by atoms with Gasteiger partial charge in [0.1, 0.15) is 0 Å². The van der Waals surface area contributed by atoms with Crippen molar-refractivity contribution in [1.29, 1.82) is 0 Å². The highest BCUT2D eigenvalue weighted by molar-refractivity contribution is 7.86. The molecule has 3 fully saturated rings. The van der Waals surface area contributed by atoms with Crippen LogP contribution >= 0.6 is 0 Å². The minimum Gasteiger partial charge on any atom is -0.372 e. The number of amides is 1. The number of anilines is 1. The largest absolute Gasteiger partial charge is 0.372 e. The van der Waals surface area contributed by atoms with Crippen molar-refractivity contribution in [2.24, 2.45) is 5.92 Å². The zero-order valence-corrected chi connectivity index (χ0v) is 21.9. The van der Waals surface area contributed by atoms with Crippen LogP contribution in [0.2, 0.25) is 0 Å². The molecule has 4 rings (SSSR count). The van der Waals surface area contributed by atoms with Gasteiger partial charge in [0.05, 0.1) is 19.1 Å². The Morgan fingerprint density at radius 1 is 1.17 bits per heavy atom. The number of nitrogens with one attached hydrogen (secondary N) is 1. The van der Waals surface area contributed by atoms with Gasteiger partial charge in [-0.1, -0.05) is 12.1 Å². The van der Waals surface area contributed by atoms with Crippen LogP contribution in [0.5, 0.6) is 0 Å². The second-order valence-corrected chi connectivity index (χ2v) is 11.7. The van der Waals surface area contributed by atoms with Gasteiger partial charge in [-0.2, -0.15) is 17.0 Å². The average Bonchev–Trinajstić information content (AvgIpc) is 3.32. The monoisotopic (exact) mass is 508 g/mol. The zero-order chi connectivity index (χ0) is 24.9. The normalized spacial score (nSPS) is 23.4. The summed E-state index contributed by atoms with van der Waals surface area (Å²) in [6.07, 6.45) is 3.33. The summed E-state index contributed by atoms with van der Waals surface area (Å²) in [5.41, 5.74) is 2.43. The Balaban J connectivity index is 1.23. The maximum Gasteiger partial charge on any atom is 0.282 e. The molecule has 196 valence electrons. The van der Waals surface area contributed by atoms with Gasteiger partial charge in [0.15, 0.2) is 5.79 Å². The highest BCUT2D eigenvalue weighted by atomic mass is 32.2. The highest BCUT2D eigenvalue weighted by Gasteiger charge is 2.44. The van der Waals surface area contributed by atoms with E-state index in [0.29, 0.717) is 65.1 Å². The van der Waals surface area contributed by atoms with Crippen molar-refractivity contribution >= 4 is 21.8 Å². The molecule has 1 spiro atoms. The lowest BCUT2D eigenvalue weighted by Gasteiger charge is -2.40. The van der Waals surface area contributed by atoms with Crippen LogP contribution < -0.4 is 10.2 Å². The van der Waals surface area contributed by atoms with Crippen molar-refractivity contribution < 1.29 is 22.7 Å². The Kier molecular flexibility index (Phi) is 8.70. The fourth-order valence-electron chi connectivity index (χ4n) is 5.29. The Hall–Kier alpha value is -1.72. The van der Waals surface area contributed by atoms with Crippen LogP contribution in [0.1, 0.15) is 44.6 Å². The molecule has 1 amide bonds. The first-order valence-corrected chi connectivity index (χ1v) is 14.4. The first-order valence-electron chi connectivity index (χ1n) is 13.0. The fourth-order valence-corrected chi connectivity index (χ4v) is 6.99. The molecular weight excluding hydrogens is 468 g/mol. The maximum atomic E-state index is 13.3. The molecule has 1 aromatic rings. The summed E-state index contributed by atoms with van der Waals surface area (Å²) in [6.45, 7) is 9.16. The van der Waals surface area contributed by atoms with E-state index in [2.05, 4.69) is 48.3 Å². The molecule has 0 aromatic heterocycles. The van der Waals surface area contributed by atoms with Crippen LogP contribution in [0.25, 0.3) is 0 Å². The molecule has 1 unspecified atom stereocenters. The van der Waals surface area contributed by atoms with E-state index in [1.54, 1.807) is 0 Å². The molecule has 0 radical (unpaired) electrons. The van der Waals surface area contributed by atoms with Gasteiger partial charge in [-0.15, -0.1) is 0 Å². The molecule has 3 aliphatic heterocycles. The number of carbonyl (C=O) groups excluding carboxylic acids is 1. The molecule has 35 heavy (non-hydrogen) atoms. The number of hydrogen-bond donors (Lipinski definition) is 1. The molecule has 3 heterocycles. The number of piperidine rings is 2. The Bertz CT molecular complexity index is 956. The lowest BCUT2D eigenvalue weighted by molar-refractivity contribution is -0.179. The number of rotatable bonds is 9. The number of hydrogen-bond acceptors (Lipinski definition) is 6. The highest BCUT2D eigenvalue weighted by Crippen LogP contribution is 2.33. The van der Waals surface area contributed by atoms with Gasteiger partial charge in [-0.05, 0) is 50.8 Å². The topological polar surface area (TPSA) is 91.4 Å². The van der Waals surface area contributed by atoms with E-state index in [4.69, 9.17) is 9.47 Å². The van der Waals surface area contributed by atoms with E-state index >= 15 is 0 Å². The van der Waals surface area contributed by atoms with Gasteiger partial charge < -0.3 is 19.7 Å². The molecule has 9 nitrogen and oxygen atoms in total. The molecule has 1 aromatic carbocycles. The maximum absolute atomic E-state index is 13.3. The minimum atomic E-state index is -3.60. The number of benzene rings is 1. The summed E-state index contributed by atoms with van der Waals surface area (Å²) in [6, 6.07) is 8.44. The molecule has 10 heteroatoms. The first kappa shape index (κ1) is 26.3. The number of aryl methyl sites for hydroxylation is 1. The van der Waals surface area contributed by atoms with Crippen LogP contribution in [-0.2, 0) is 24.5 Å². The number of ether oxygens (including phenoxy) is 2. The Labute approximate surface area is 209 Å². The van der Waals surface area contributed by atoms with Gasteiger partial charge in [-0.25, -0.2) is 0 Å². The molecule has 1 N–H and O–H groups in total. The molecule has 3 saturated heterocycles. The second kappa shape index (κ2) is 11.6. The smallest absolute Gasteiger partial charge is 0.282 e. The molecular formula is C25H40N4O5S. The summed E-state index contributed by atoms with van der Waals surface area (Å²) in [5.74, 6) is -0.965. The summed E-state index contributed by atoms with van der Waals surface area (Å²) in [7, 11) is -3.60. The van der Waals surface area contributed by atoms with E-state index in [1.165, 1.54) is 19.9 Å².